The molecule has 0 saturated carbocycles. The van der Waals surface area contributed by atoms with Crippen molar-refractivity contribution in [2.75, 3.05) is 20.2 Å². The van der Waals surface area contributed by atoms with E-state index in [9.17, 15) is 22.4 Å². The van der Waals surface area contributed by atoms with Crippen LogP contribution in [0.15, 0.2) is 23.1 Å². The fourth-order valence-corrected chi connectivity index (χ4v) is 2.64. The second-order valence-corrected chi connectivity index (χ2v) is 6.03. The minimum atomic E-state index is -4.26. The summed E-state index contributed by atoms with van der Waals surface area (Å²) in [5, 5.41) is 8.70. The Hall–Kier alpha value is -2.00. The van der Waals surface area contributed by atoms with Gasteiger partial charge in [0.25, 0.3) is 0 Å². The Morgan fingerprint density at radius 2 is 2.00 bits per heavy atom. The van der Waals surface area contributed by atoms with E-state index in [1.54, 1.807) is 6.92 Å². The summed E-state index contributed by atoms with van der Waals surface area (Å²) >= 11 is 0. The molecule has 1 N–H and O–H groups in total. The van der Waals surface area contributed by atoms with Crippen LogP contribution >= 0.6 is 0 Å². The number of esters is 1. The number of carbonyl (C=O) groups is 2. The highest BCUT2D eigenvalue weighted by molar-refractivity contribution is 7.89. The summed E-state index contributed by atoms with van der Waals surface area (Å²) in [6.07, 6.45) is 0. The number of hydrogen-bond donors (Lipinski definition) is 1. The maximum absolute atomic E-state index is 13.8. The highest BCUT2D eigenvalue weighted by Crippen LogP contribution is 2.19. The fourth-order valence-electron chi connectivity index (χ4n) is 1.48. The van der Waals surface area contributed by atoms with Gasteiger partial charge in [0.15, 0.2) is 0 Å². The zero-order valence-corrected chi connectivity index (χ0v) is 12.2. The smallest absolute Gasteiger partial charge is 0.335 e. The lowest BCUT2D eigenvalue weighted by Crippen LogP contribution is -2.33. The Morgan fingerprint density at radius 3 is 2.48 bits per heavy atom. The van der Waals surface area contributed by atoms with E-state index < -0.39 is 39.2 Å². The molecule has 1 aromatic carbocycles. The van der Waals surface area contributed by atoms with Gasteiger partial charge in [0.1, 0.15) is 17.3 Å². The maximum atomic E-state index is 13.8. The summed E-state index contributed by atoms with van der Waals surface area (Å²) in [6, 6.07) is 2.42. The highest BCUT2D eigenvalue weighted by Gasteiger charge is 2.27. The van der Waals surface area contributed by atoms with Crippen molar-refractivity contribution in [2.45, 2.75) is 11.8 Å². The van der Waals surface area contributed by atoms with Gasteiger partial charge in [-0.25, -0.2) is 17.6 Å². The van der Waals surface area contributed by atoms with E-state index >= 15 is 0 Å². The standard InChI is InChI=1S/C12H14FNO6S/c1-3-20-11(15)7-14(2)21(18,19)10-5-4-8(12(16)17)6-9(10)13/h4-6H,3,7H2,1-2H3,(H,16,17). The topological polar surface area (TPSA) is 101 Å². The minimum Gasteiger partial charge on any atom is -0.478 e. The van der Waals surface area contributed by atoms with Gasteiger partial charge in [-0.2, -0.15) is 4.31 Å². The molecule has 0 aliphatic heterocycles. The van der Waals surface area contributed by atoms with Crippen LogP contribution in [0, 0.1) is 5.82 Å². The third-order valence-corrected chi connectivity index (χ3v) is 4.36. The Labute approximate surface area is 121 Å². The number of ether oxygens (including phenoxy) is 1. The number of halogens is 1. The van der Waals surface area contributed by atoms with Crippen LogP contribution in [0.5, 0.6) is 0 Å². The molecule has 0 amide bonds. The van der Waals surface area contributed by atoms with Crippen LogP contribution in [0.2, 0.25) is 0 Å². The number of carboxylic acid groups (broad SMARTS) is 1. The largest absolute Gasteiger partial charge is 0.478 e. The Balaban J connectivity index is 3.07. The van der Waals surface area contributed by atoms with Crippen LogP contribution < -0.4 is 0 Å². The number of rotatable bonds is 6. The quantitative estimate of drug-likeness (QED) is 0.775. The van der Waals surface area contributed by atoms with E-state index in [-0.39, 0.29) is 12.2 Å². The average Bonchev–Trinajstić information content (AvgIpc) is 2.38. The van der Waals surface area contributed by atoms with Crippen molar-refractivity contribution in [3.63, 3.8) is 0 Å². The van der Waals surface area contributed by atoms with Gasteiger partial charge in [0, 0.05) is 7.05 Å². The third kappa shape index (κ3) is 3.99. The third-order valence-electron chi connectivity index (χ3n) is 2.52. The number of likely N-dealkylation sites (N-methyl/N-ethyl adjacent to an activating group) is 1. The molecule has 9 heteroatoms. The summed E-state index contributed by atoms with van der Waals surface area (Å²) < 4.78 is 43.2. The minimum absolute atomic E-state index is 0.0917. The first kappa shape index (κ1) is 17.1. The summed E-state index contributed by atoms with van der Waals surface area (Å²) in [4.78, 5) is 21.2. The van der Waals surface area contributed by atoms with Crippen LogP contribution in [0.3, 0.4) is 0 Å². The number of carbonyl (C=O) groups excluding carboxylic acids is 1. The maximum Gasteiger partial charge on any atom is 0.335 e. The van der Waals surface area contributed by atoms with E-state index in [1.807, 2.05) is 0 Å². The van der Waals surface area contributed by atoms with Crippen molar-refractivity contribution in [2.24, 2.45) is 0 Å². The van der Waals surface area contributed by atoms with E-state index in [0.29, 0.717) is 10.4 Å². The molecule has 7 nitrogen and oxygen atoms in total. The van der Waals surface area contributed by atoms with Crippen LogP contribution in [0.1, 0.15) is 17.3 Å². The Kier molecular flexibility index (Phi) is 5.39. The van der Waals surface area contributed by atoms with Gasteiger partial charge in [-0.3, -0.25) is 4.79 Å². The first-order valence-electron chi connectivity index (χ1n) is 5.85. The van der Waals surface area contributed by atoms with Gasteiger partial charge in [0.05, 0.1) is 12.2 Å². The second-order valence-electron chi connectivity index (χ2n) is 4.02. The number of benzene rings is 1. The van der Waals surface area contributed by atoms with Crippen molar-refractivity contribution in [3.05, 3.63) is 29.6 Å². The van der Waals surface area contributed by atoms with Gasteiger partial charge in [0.2, 0.25) is 10.0 Å². The molecule has 0 heterocycles. The molecule has 0 bridgehead atoms. The average molecular weight is 319 g/mol. The van der Waals surface area contributed by atoms with E-state index in [4.69, 9.17) is 5.11 Å². The van der Waals surface area contributed by atoms with Gasteiger partial charge in [-0.1, -0.05) is 0 Å². The van der Waals surface area contributed by atoms with Crippen LogP contribution in [0.25, 0.3) is 0 Å². The lowest BCUT2D eigenvalue weighted by molar-refractivity contribution is -0.143. The zero-order chi connectivity index (χ0) is 16.2. The number of aromatic carboxylic acids is 1. The van der Waals surface area contributed by atoms with Crippen molar-refractivity contribution >= 4 is 22.0 Å². The van der Waals surface area contributed by atoms with Crippen molar-refractivity contribution in [1.29, 1.82) is 0 Å². The predicted molar refractivity (Wildman–Crippen MR) is 69.8 cm³/mol. The second kappa shape index (κ2) is 6.64. The molecule has 0 aliphatic carbocycles. The normalized spacial score (nSPS) is 11.4. The van der Waals surface area contributed by atoms with Crippen molar-refractivity contribution in [3.8, 4) is 0 Å². The molecule has 0 aromatic heterocycles. The summed E-state index contributed by atoms with van der Waals surface area (Å²) in [5.74, 6) is -3.35. The molecule has 1 rings (SSSR count). The molecule has 21 heavy (non-hydrogen) atoms. The van der Waals surface area contributed by atoms with E-state index in [2.05, 4.69) is 4.74 Å². The lowest BCUT2D eigenvalue weighted by atomic mass is 10.2. The van der Waals surface area contributed by atoms with Gasteiger partial charge in [-0.05, 0) is 25.1 Å². The molecule has 0 saturated heterocycles. The monoisotopic (exact) mass is 319 g/mol. The molecular weight excluding hydrogens is 305 g/mol. The summed E-state index contributed by atoms with van der Waals surface area (Å²) in [5.41, 5.74) is -0.375. The molecule has 0 radical (unpaired) electrons. The molecule has 0 spiro atoms. The number of carboxylic acids is 1. The predicted octanol–water partition coefficient (Wildman–Crippen LogP) is 0.708. The number of hydrogen-bond acceptors (Lipinski definition) is 5. The van der Waals surface area contributed by atoms with Gasteiger partial charge < -0.3 is 9.84 Å². The van der Waals surface area contributed by atoms with Gasteiger partial charge in [-0.15, -0.1) is 0 Å². The molecule has 1 aromatic rings. The first-order valence-corrected chi connectivity index (χ1v) is 7.29. The van der Waals surface area contributed by atoms with Crippen LogP contribution in [-0.2, 0) is 19.6 Å². The summed E-state index contributed by atoms with van der Waals surface area (Å²) in [7, 11) is -3.17. The molecule has 0 atom stereocenters. The van der Waals surface area contributed by atoms with Gasteiger partial charge >= 0.3 is 11.9 Å². The SMILES string of the molecule is CCOC(=O)CN(C)S(=O)(=O)c1ccc(C(=O)O)cc1F. The van der Waals surface area contributed by atoms with Crippen LogP contribution in [-0.4, -0.2) is 50.0 Å². The van der Waals surface area contributed by atoms with E-state index in [1.165, 1.54) is 0 Å². The fraction of sp³-hybridized carbons (Fsp3) is 0.333. The Bertz CT molecular complexity index is 658. The zero-order valence-electron chi connectivity index (χ0n) is 11.4. The molecule has 0 unspecified atom stereocenters. The molecular formula is C12H14FNO6S. The lowest BCUT2D eigenvalue weighted by Gasteiger charge is -2.16. The van der Waals surface area contributed by atoms with Crippen LogP contribution in [0.4, 0.5) is 4.39 Å². The Morgan fingerprint density at radius 1 is 1.38 bits per heavy atom. The van der Waals surface area contributed by atoms with Crippen molar-refractivity contribution in [1.82, 2.24) is 4.31 Å². The van der Waals surface area contributed by atoms with E-state index in [0.717, 1.165) is 19.2 Å². The summed E-state index contributed by atoms with van der Waals surface area (Å²) in [6.45, 7) is 1.08. The van der Waals surface area contributed by atoms with Crippen molar-refractivity contribution < 1.29 is 32.2 Å². The number of sulfonamides is 1. The molecule has 0 aliphatic rings. The highest BCUT2D eigenvalue weighted by atomic mass is 32.2. The number of nitrogens with zero attached hydrogens (tertiary/aromatic N) is 1. The molecule has 116 valence electrons. The first-order chi connectivity index (χ1) is 9.70. The molecule has 0 fully saturated rings.